The highest BCUT2D eigenvalue weighted by Gasteiger charge is 2.22. The van der Waals surface area contributed by atoms with Crippen molar-refractivity contribution in [3.8, 4) is 5.75 Å². The third-order valence-corrected chi connectivity index (χ3v) is 3.92. The van der Waals surface area contributed by atoms with Gasteiger partial charge < -0.3 is 25.0 Å². The average Bonchev–Trinajstić information content (AvgIpc) is 2.61. The smallest absolute Gasteiger partial charge is 0.254 e. The van der Waals surface area contributed by atoms with Gasteiger partial charge in [0.1, 0.15) is 18.5 Å². The number of nitrogens with zero attached hydrogens (tertiary/aromatic N) is 1. The fourth-order valence-corrected chi connectivity index (χ4v) is 2.47. The number of hydrogen-bond acceptors (Lipinski definition) is 5. The van der Waals surface area contributed by atoms with Gasteiger partial charge in [-0.2, -0.15) is 0 Å². The number of ether oxygens (including phenoxy) is 2. The first-order valence-corrected chi connectivity index (χ1v) is 8.32. The molecule has 1 unspecified atom stereocenters. The van der Waals surface area contributed by atoms with E-state index in [4.69, 9.17) is 9.47 Å². The first-order valence-electron chi connectivity index (χ1n) is 8.32. The van der Waals surface area contributed by atoms with Crippen LogP contribution in [0.3, 0.4) is 0 Å². The molecule has 0 radical (unpaired) electrons. The highest BCUT2D eigenvalue weighted by Crippen LogP contribution is 2.24. The molecule has 1 amide bonds. The number of amides is 1. The number of anilines is 1. The summed E-state index contributed by atoms with van der Waals surface area (Å²) in [6.07, 6.45) is -0.451. The molecule has 23 heavy (non-hydrogen) atoms. The lowest BCUT2D eigenvalue weighted by Crippen LogP contribution is -2.45. The predicted molar refractivity (Wildman–Crippen MR) is 91.0 cm³/mol. The molecule has 6 heteroatoms. The number of likely N-dealkylation sites (N-methyl/N-ethyl adjacent to an activating group) is 1. The topological polar surface area (TPSA) is 62.8 Å². The van der Waals surface area contributed by atoms with Crippen LogP contribution in [0.1, 0.15) is 13.8 Å². The summed E-state index contributed by atoms with van der Waals surface area (Å²) < 4.78 is 11.3. The number of para-hydroxylation sites is 2. The Balaban J connectivity index is 1.90. The van der Waals surface area contributed by atoms with Crippen LogP contribution >= 0.6 is 0 Å². The first-order chi connectivity index (χ1) is 11.2. The largest absolute Gasteiger partial charge is 0.490 e. The summed E-state index contributed by atoms with van der Waals surface area (Å²) in [6, 6.07) is 7.51. The lowest BCUT2D eigenvalue weighted by Gasteiger charge is -2.23. The molecule has 0 bridgehead atoms. The third kappa shape index (κ3) is 5.49. The highest BCUT2D eigenvalue weighted by molar-refractivity contribution is 5.95. The van der Waals surface area contributed by atoms with E-state index in [1.54, 1.807) is 0 Å². The van der Waals surface area contributed by atoms with E-state index >= 15 is 0 Å². The lowest BCUT2D eigenvalue weighted by atomic mass is 10.2. The van der Waals surface area contributed by atoms with Crippen molar-refractivity contribution in [3.63, 3.8) is 0 Å². The molecule has 1 aliphatic rings. The minimum absolute atomic E-state index is 0.142. The summed E-state index contributed by atoms with van der Waals surface area (Å²) in [5.41, 5.74) is 0.686. The van der Waals surface area contributed by atoms with Crippen molar-refractivity contribution >= 4 is 11.6 Å². The van der Waals surface area contributed by atoms with Crippen LogP contribution in [0.2, 0.25) is 0 Å². The third-order valence-electron chi connectivity index (χ3n) is 3.92. The fraction of sp³-hybridized carbons (Fsp3) is 0.588. The number of morpholine rings is 1. The number of hydrogen-bond donors (Lipinski definition) is 2. The summed E-state index contributed by atoms with van der Waals surface area (Å²) in [6.45, 7) is 9.62. The second-order valence-electron chi connectivity index (χ2n) is 5.42. The summed E-state index contributed by atoms with van der Waals surface area (Å²) in [7, 11) is 0. The van der Waals surface area contributed by atoms with Crippen LogP contribution in [0.25, 0.3) is 0 Å². The van der Waals surface area contributed by atoms with Crippen LogP contribution < -0.4 is 15.4 Å². The van der Waals surface area contributed by atoms with Gasteiger partial charge in [0, 0.05) is 19.6 Å². The van der Waals surface area contributed by atoms with Gasteiger partial charge in [-0.1, -0.05) is 26.0 Å². The van der Waals surface area contributed by atoms with E-state index in [0.717, 1.165) is 26.2 Å². The SMILES string of the molecule is CCN(CC)CCOc1ccccc1NC(=O)C1CNCCO1. The van der Waals surface area contributed by atoms with Crippen molar-refractivity contribution in [1.82, 2.24) is 10.2 Å². The van der Waals surface area contributed by atoms with Crippen molar-refractivity contribution in [2.75, 3.05) is 51.3 Å². The standard InChI is InChI=1S/C17H27N3O3/c1-3-20(4-2)10-12-23-15-8-6-5-7-14(15)19-17(21)16-13-18-9-11-22-16/h5-8,16,18H,3-4,9-13H2,1-2H3,(H,19,21). The maximum absolute atomic E-state index is 12.3. The van der Waals surface area contributed by atoms with Crippen LogP contribution in [-0.2, 0) is 9.53 Å². The monoisotopic (exact) mass is 321 g/mol. The molecule has 1 heterocycles. The molecule has 0 saturated carbocycles. The molecule has 1 aliphatic heterocycles. The second kappa shape index (κ2) is 9.50. The molecular weight excluding hydrogens is 294 g/mol. The summed E-state index contributed by atoms with van der Waals surface area (Å²) >= 11 is 0. The van der Waals surface area contributed by atoms with Crippen molar-refractivity contribution in [2.45, 2.75) is 20.0 Å². The Kier molecular flexibility index (Phi) is 7.32. The van der Waals surface area contributed by atoms with E-state index in [1.807, 2.05) is 24.3 Å². The first kappa shape index (κ1) is 17.7. The molecule has 6 nitrogen and oxygen atoms in total. The number of carbonyl (C=O) groups is 1. The Hall–Kier alpha value is -1.63. The van der Waals surface area contributed by atoms with Crippen LogP contribution in [0.15, 0.2) is 24.3 Å². The van der Waals surface area contributed by atoms with Gasteiger partial charge in [0.15, 0.2) is 0 Å². The Morgan fingerprint density at radius 3 is 2.87 bits per heavy atom. The average molecular weight is 321 g/mol. The van der Waals surface area contributed by atoms with Crippen LogP contribution in [-0.4, -0.2) is 62.8 Å². The van der Waals surface area contributed by atoms with Gasteiger partial charge in [-0.15, -0.1) is 0 Å². The summed E-state index contributed by atoms with van der Waals surface area (Å²) in [5, 5.41) is 6.06. The van der Waals surface area contributed by atoms with Gasteiger partial charge >= 0.3 is 0 Å². The number of carbonyl (C=O) groups excluding carboxylic acids is 1. The molecule has 1 aromatic carbocycles. The van der Waals surface area contributed by atoms with Crippen molar-refractivity contribution in [3.05, 3.63) is 24.3 Å². The maximum Gasteiger partial charge on any atom is 0.254 e. The summed E-state index contributed by atoms with van der Waals surface area (Å²) in [5.74, 6) is 0.550. The second-order valence-corrected chi connectivity index (χ2v) is 5.42. The molecular formula is C17H27N3O3. The molecule has 1 fully saturated rings. The van der Waals surface area contributed by atoms with Crippen LogP contribution in [0.5, 0.6) is 5.75 Å². The van der Waals surface area contributed by atoms with Crippen molar-refractivity contribution < 1.29 is 14.3 Å². The molecule has 1 aromatic rings. The number of rotatable bonds is 8. The molecule has 128 valence electrons. The van der Waals surface area contributed by atoms with Crippen LogP contribution in [0, 0.1) is 0 Å². The van der Waals surface area contributed by atoms with E-state index in [0.29, 0.717) is 31.2 Å². The normalized spacial score (nSPS) is 18.0. The molecule has 1 atom stereocenters. The molecule has 1 saturated heterocycles. The highest BCUT2D eigenvalue weighted by atomic mass is 16.5. The van der Waals surface area contributed by atoms with E-state index in [9.17, 15) is 4.79 Å². The quantitative estimate of drug-likeness (QED) is 0.756. The zero-order valence-corrected chi connectivity index (χ0v) is 14.0. The maximum atomic E-state index is 12.3. The van der Waals surface area contributed by atoms with Gasteiger partial charge in [-0.25, -0.2) is 0 Å². The fourth-order valence-electron chi connectivity index (χ4n) is 2.47. The molecule has 2 N–H and O–H groups in total. The zero-order chi connectivity index (χ0) is 16.5. The zero-order valence-electron chi connectivity index (χ0n) is 14.0. The van der Waals surface area contributed by atoms with Gasteiger partial charge in [-0.05, 0) is 25.2 Å². The minimum Gasteiger partial charge on any atom is -0.490 e. The van der Waals surface area contributed by atoms with Crippen molar-refractivity contribution in [1.29, 1.82) is 0 Å². The lowest BCUT2D eigenvalue weighted by molar-refractivity contribution is -0.128. The Morgan fingerprint density at radius 2 is 2.17 bits per heavy atom. The van der Waals surface area contributed by atoms with E-state index in [1.165, 1.54) is 0 Å². The molecule has 0 spiro atoms. The van der Waals surface area contributed by atoms with Gasteiger partial charge in [0.25, 0.3) is 5.91 Å². The van der Waals surface area contributed by atoms with Crippen LogP contribution in [0.4, 0.5) is 5.69 Å². The van der Waals surface area contributed by atoms with Gasteiger partial charge in [0.2, 0.25) is 0 Å². The van der Waals surface area contributed by atoms with E-state index in [2.05, 4.69) is 29.4 Å². The predicted octanol–water partition coefficient (Wildman–Crippen LogP) is 1.33. The molecule has 2 rings (SSSR count). The minimum atomic E-state index is -0.451. The Morgan fingerprint density at radius 1 is 1.39 bits per heavy atom. The van der Waals surface area contributed by atoms with Gasteiger partial charge in [0.05, 0.1) is 12.3 Å². The van der Waals surface area contributed by atoms with Crippen molar-refractivity contribution in [2.24, 2.45) is 0 Å². The summed E-state index contributed by atoms with van der Waals surface area (Å²) in [4.78, 5) is 14.5. The molecule has 0 aliphatic carbocycles. The number of nitrogens with one attached hydrogen (secondary N) is 2. The molecule has 0 aromatic heterocycles. The Labute approximate surface area is 138 Å². The Bertz CT molecular complexity index is 486. The van der Waals surface area contributed by atoms with E-state index in [-0.39, 0.29) is 5.91 Å². The van der Waals surface area contributed by atoms with Gasteiger partial charge in [-0.3, -0.25) is 4.79 Å². The van der Waals surface area contributed by atoms with E-state index < -0.39 is 6.10 Å². The number of benzene rings is 1.